The Balaban J connectivity index is 3.65. The number of carbonyl (C=O) groups is 2. The Morgan fingerprint density at radius 2 is 1.93 bits per heavy atom. The molecule has 0 saturated heterocycles. The second kappa shape index (κ2) is 5.46. The van der Waals surface area contributed by atoms with E-state index in [-0.39, 0.29) is 19.6 Å². The van der Waals surface area contributed by atoms with Crippen LogP contribution in [0.3, 0.4) is 0 Å². The van der Waals surface area contributed by atoms with Crippen LogP contribution in [-0.2, 0) is 14.3 Å². The van der Waals surface area contributed by atoms with Crippen LogP contribution in [-0.4, -0.2) is 31.2 Å². The van der Waals surface area contributed by atoms with E-state index < -0.39 is 18.1 Å². The molecule has 0 rings (SSSR count). The average molecular weight is 213 g/mol. The molecule has 14 heavy (non-hydrogen) atoms. The molecule has 4 nitrogen and oxygen atoms in total. The van der Waals surface area contributed by atoms with Crippen molar-refractivity contribution in [2.24, 2.45) is 0 Å². The molecular weight excluding hydrogens is 203 g/mol. The van der Waals surface area contributed by atoms with Crippen LogP contribution >= 0.6 is 0 Å². The highest BCUT2D eigenvalue weighted by molar-refractivity contribution is 5.82. The molecule has 1 amide bonds. The predicted octanol–water partition coefficient (Wildman–Crippen LogP) is 0.618. The molecule has 0 saturated carbocycles. The van der Waals surface area contributed by atoms with Gasteiger partial charge in [-0.05, 0) is 6.92 Å². The Morgan fingerprint density at radius 3 is 2.36 bits per heavy atom. The Bertz CT molecular complexity index is 215. The SMILES string of the molecule is CCOC(=O)CCNC(=O)C(F)(F)F. The van der Waals surface area contributed by atoms with Crippen molar-refractivity contribution < 1.29 is 27.5 Å². The van der Waals surface area contributed by atoms with Gasteiger partial charge in [0.1, 0.15) is 0 Å². The highest BCUT2D eigenvalue weighted by atomic mass is 19.4. The zero-order valence-electron chi connectivity index (χ0n) is 7.48. The van der Waals surface area contributed by atoms with Gasteiger partial charge in [-0.15, -0.1) is 0 Å². The molecule has 0 aromatic carbocycles. The van der Waals surface area contributed by atoms with E-state index in [1.807, 2.05) is 0 Å². The number of rotatable bonds is 4. The molecule has 0 aromatic rings. The van der Waals surface area contributed by atoms with Gasteiger partial charge in [-0.1, -0.05) is 0 Å². The first-order valence-corrected chi connectivity index (χ1v) is 3.88. The number of esters is 1. The Labute approximate surface area is 78.4 Å². The first-order chi connectivity index (χ1) is 6.38. The normalized spacial score (nSPS) is 10.9. The second-order valence-electron chi connectivity index (χ2n) is 2.31. The molecule has 0 bridgehead atoms. The monoisotopic (exact) mass is 213 g/mol. The van der Waals surface area contributed by atoms with Crippen molar-refractivity contribution in [3.8, 4) is 0 Å². The summed E-state index contributed by atoms with van der Waals surface area (Å²) in [7, 11) is 0. The van der Waals surface area contributed by atoms with Crippen LogP contribution in [0, 0.1) is 0 Å². The fourth-order valence-corrected chi connectivity index (χ4v) is 0.611. The van der Waals surface area contributed by atoms with Crippen LogP contribution in [0.5, 0.6) is 0 Å². The molecule has 0 unspecified atom stereocenters. The number of halogens is 3. The van der Waals surface area contributed by atoms with Crippen molar-refractivity contribution in [3.63, 3.8) is 0 Å². The minimum atomic E-state index is -4.91. The quantitative estimate of drug-likeness (QED) is 0.696. The topological polar surface area (TPSA) is 55.4 Å². The lowest BCUT2D eigenvalue weighted by atomic mass is 10.4. The fourth-order valence-electron chi connectivity index (χ4n) is 0.611. The molecule has 0 heterocycles. The number of hydrogen-bond acceptors (Lipinski definition) is 3. The molecule has 82 valence electrons. The average Bonchev–Trinajstić information content (AvgIpc) is 2.02. The van der Waals surface area contributed by atoms with E-state index in [2.05, 4.69) is 4.74 Å². The smallest absolute Gasteiger partial charge is 0.466 e. The van der Waals surface area contributed by atoms with E-state index in [4.69, 9.17) is 0 Å². The lowest BCUT2D eigenvalue weighted by Gasteiger charge is -2.06. The highest BCUT2D eigenvalue weighted by Crippen LogP contribution is 2.13. The third-order valence-corrected chi connectivity index (χ3v) is 1.18. The fraction of sp³-hybridized carbons (Fsp3) is 0.714. The molecule has 7 heteroatoms. The third-order valence-electron chi connectivity index (χ3n) is 1.18. The van der Waals surface area contributed by atoms with Crippen LogP contribution in [0.1, 0.15) is 13.3 Å². The molecule has 0 radical (unpaired) electrons. The van der Waals surface area contributed by atoms with Gasteiger partial charge in [0.25, 0.3) is 0 Å². The standard InChI is InChI=1S/C7H10F3NO3/c1-2-14-5(12)3-4-11-6(13)7(8,9)10/h2-4H2,1H3,(H,11,13). The van der Waals surface area contributed by atoms with Gasteiger partial charge in [0, 0.05) is 6.54 Å². The summed E-state index contributed by atoms with van der Waals surface area (Å²) < 4.78 is 39.2. The van der Waals surface area contributed by atoms with Gasteiger partial charge in [-0.3, -0.25) is 9.59 Å². The van der Waals surface area contributed by atoms with E-state index in [1.54, 1.807) is 12.2 Å². The molecule has 0 aromatic heterocycles. The number of ether oxygens (including phenoxy) is 1. The second-order valence-corrected chi connectivity index (χ2v) is 2.31. The Hall–Kier alpha value is -1.27. The number of amides is 1. The molecule has 0 spiro atoms. The van der Waals surface area contributed by atoms with Crippen molar-refractivity contribution in [1.29, 1.82) is 0 Å². The maximum absolute atomic E-state index is 11.6. The van der Waals surface area contributed by atoms with E-state index in [9.17, 15) is 22.8 Å². The molecule has 0 atom stereocenters. The van der Waals surface area contributed by atoms with E-state index in [0.717, 1.165) is 0 Å². The van der Waals surface area contributed by atoms with Gasteiger partial charge in [0.2, 0.25) is 0 Å². The summed E-state index contributed by atoms with van der Waals surface area (Å²) in [4.78, 5) is 20.8. The van der Waals surface area contributed by atoms with Gasteiger partial charge in [-0.2, -0.15) is 13.2 Å². The lowest BCUT2D eigenvalue weighted by molar-refractivity contribution is -0.173. The molecule has 0 aliphatic heterocycles. The largest absolute Gasteiger partial charge is 0.471 e. The molecule has 0 aliphatic rings. The first kappa shape index (κ1) is 12.7. The van der Waals surface area contributed by atoms with Crippen LogP contribution < -0.4 is 5.32 Å². The van der Waals surface area contributed by atoms with Gasteiger partial charge >= 0.3 is 18.1 Å². The summed E-state index contributed by atoms with van der Waals surface area (Å²) in [5.41, 5.74) is 0. The summed E-state index contributed by atoms with van der Waals surface area (Å²) in [5.74, 6) is -2.70. The molecule has 0 aliphatic carbocycles. The maximum atomic E-state index is 11.6. The number of hydrogen-bond donors (Lipinski definition) is 1. The molecular formula is C7H10F3NO3. The highest BCUT2D eigenvalue weighted by Gasteiger charge is 2.38. The minimum Gasteiger partial charge on any atom is -0.466 e. The first-order valence-electron chi connectivity index (χ1n) is 3.88. The zero-order valence-corrected chi connectivity index (χ0v) is 7.48. The summed E-state index contributed by atoms with van der Waals surface area (Å²) >= 11 is 0. The Morgan fingerprint density at radius 1 is 1.36 bits per heavy atom. The Kier molecular flexibility index (Phi) is 4.96. The summed E-state index contributed by atoms with van der Waals surface area (Å²) in [6.45, 7) is 1.36. The number of nitrogens with one attached hydrogen (secondary N) is 1. The summed E-state index contributed by atoms with van der Waals surface area (Å²) in [5, 5.41) is 1.55. The zero-order chi connectivity index (χ0) is 11.2. The van der Waals surface area contributed by atoms with Crippen molar-refractivity contribution in [3.05, 3.63) is 0 Å². The van der Waals surface area contributed by atoms with Crippen molar-refractivity contribution in [2.45, 2.75) is 19.5 Å². The third kappa shape index (κ3) is 5.39. The van der Waals surface area contributed by atoms with Gasteiger partial charge in [0.05, 0.1) is 13.0 Å². The van der Waals surface area contributed by atoms with Crippen LogP contribution in [0.4, 0.5) is 13.2 Å². The van der Waals surface area contributed by atoms with Crippen molar-refractivity contribution >= 4 is 11.9 Å². The van der Waals surface area contributed by atoms with Gasteiger partial charge in [-0.25, -0.2) is 0 Å². The number of alkyl halides is 3. The van der Waals surface area contributed by atoms with Gasteiger partial charge < -0.3 is 10.1 Å². The van der Waals surface area contributed by atoms with Crippen LogP contribution in [0.2, 0.25) is 0 Å². The molecule has 0 fully saturated rings. The number of carbonyl (C=O) groups excluding carboxylic acids is 2. The van der Waals surface area contributed by atoms with Crippen molar-refractivity contribution in [1.82, 2.24) is 5.32 Å². The lowest BCUT2D eigenvalue weighted by Crippen LogP contribution is -2.37. The van der Waals surface area contributed by atoms with Crippen LogP contribution in [0.25, 0.3) is 0 Å². The molecule has 1 N–H and O–H groups in total. The van der Waals surface area contributed by atoms with Gasteiger partial charge in [0.15, 0.2) is 0 Å². The van der Waals surface area contributed by atoms with Crippen LogP contribution in [0.15, 0.2) is 0 Å². The minimum absolute atomic E-state index is 0.159. The van der Waals surface area contributed by atoms with E-state index in [1.165, 1.54) is 0 Å². The van der Waals surface area contributed by atoms with E-state index in [0.29, 0.717) is 0 Å². The predicted molar refractivity (Wildman–Crippen MR) is 40.3 cm³/mol. The summed E-state index contributed by atoms with van der Waals surface area (Å²) in [6, 6.07) is 0. The summed E-state index contributed by atoms with van der Waals surface area (Å²) in [6.07, 6.45) is -5.18. The van der Waals surface area contributed by atoms with E-state index >= 15 is 0 Å². The van der Waals surface area contributed by atoms with Crippen molar-refractivity contribution in [2.75, 3.05) is 13.2 Å². The maximum Gasteiger partial charge on any atom is 0.471 e.